The normalized spacial score (nSPS) is 17.0. The standard InChI is InChI=1S/C29H31N3O5/c1-18-6-4-7-19(2)27(18)20-10-12-21(13-11-20)29(36)32-17-23(31-37-3)15-25(32)28(35)30-16-26(34)22-8-5-9-24(33)14-22/h4-14,25-26,33-34H,15-17H2,1-3H3,(H,30,35). The van der Waals surface area contributed by atoms with Gasteiger partial charge < -0.3 is 25.3 Å². The average Bonchev–Trinajstić information content (AvgIpc) is 3.31. The Morgan fingerprint density at radius 2 is 1.76 bits per heavy atom. The molecule has 0 bridgehead atoms. The number of likely N-dealkylation sites (tertiary alicyclic amines) is 1. The molecule has 1 aliphatic heterocycles. The number of aliphatic hydroxyl groups is 1. The zero-order chi connectivity index (χ0) is 26.5. The van der Waals surface area contributed by atoms with Crippen LogP contribution >= 0.6 is 0 Å². The predicted octanol–water partition coefficient (Wildman–Crippen LogP) is 3.74. The number of aliphatic hydroxyl groups excluding tert-OH is 1. The van der Waals surface area contributed by atoms with Crippen LogP contribution in [0.1, 0.15) is 39.6 Å². The molecule has 8 heteroatoms. The van der Waals surface area contributed by atoms with Crippen LogP contribution in [-0.4, -0.2) is 58.9 Å². The van der Waals surface area contributed by atoms with Crippen molar-refractivity contribution in [3.05, 3.63) is 89.0 Å². The first kappa shape index (κ1) is 25.9. The van der Waals surface area contributed by atoms with Crippen LogP contribution < -0.4 is 5.32 Å². The molecule has 3 N–H and O–H groups in total. The molecule has 3 aromatic carbocycles. The van der Waals surface area contributed by atoms with Gasteiger partial charge >= 0.3 is 0 Å². The van der Waals surface area contributed by atoms with E-state index in [1.54, 1.807) is 24.3 Å². The van der Waals surface area contributed by atoms with Gasteiger partial charge in [-0.3, -0.25) is 9.59 Å². The molecule has 0 aromatic heterocycles. The van der Waals surface area contributed by atoms with E-state index < -0.39 is 18.1 Å². The van der Waals surface area contributed by atoms with Gasteiger partial charge in [-0.25, -0.2) is 0 Å². The topological polar surface area (TPSA) is 111 Å². The number of aromatic hydroxyl groups is 1. The maximum absolute atomic E-state index is 13.5. The van der Waals surface area contributed by atoms with Gasteiger partial charge in [-0.2, -0.15) is 0 Å². The van der Waals surface area contributed by atoms with Crippen molar-refractivity contribution in [1.82, 2.24) is 10.2 Å². The number of nitrogens with one attached hydrogen (secondary N) is 1. The van der Waals surface area contributed by atoms with Gasteiger partial charge in [-0.1, -0.05) is 47.6 Å². The first-order valence-corrected chi connectivity index (χ1v) is 12.1. The van der Waals surface area contributed by atoms with Gasteiger partial charge in [-0.15, -0.1) is 0 Å². The average molecular weight is 502 g/mol. The van der Waals surface area contributed by atoms with E-state index in [-0.39, 0.29) is 31.2 Å². The Morgan fingerprint density at radius 1 is 1.08 bits per heavy atom. The number of carbonyl (C=O) groups excluding carboxylic acids is 2. The van der Waals surface area contributed by atoms with Crippen molar-refractivity contribution < 1.29 is 24.6 Å². The molecule has 3 aromatic rings. The van der Waals surface area contributed by atoms with Crippen LogP contribution in [0, 0.1) is 13.8 Å². The van der Waals surface area contributed by atoms with Crippen molar-refractivity contribution in [1.29, 1.82) is 0 Å². The molecule has 1 saturated heterocycles. The fourth-order valence-corrected chi connectivity index (χ4v) is 4.73. The van der Waals surface area contributed by atoms with E-state index in [2.05, 4.69) is 36.5 Å². The van der Waals surface area contributed by atoms with Crippen molar-refractivity contribution in [2.24, 2.45) is 5.16 Å². The van der Waals surface area contributed by atoms with Crippen LogP contribution in [-0.2, 0) is 9.63 Å². The first-order chi connectivity index (χ1) is 17.8. The van der Waals surface area contributed by atoms with E-state index in [1.807, 2.05) is 18.2 Å². The molecule has 1 heterocycles. The molecule has 1 aliphatic rings. The summed E-state index contributed by atoms with van der Waals surface area (Å²) in [5, 5.41) is 26.8. The van der Waals surface area contributed by atoms with E-state index in [9.17, 15) is 19.8 Å². The number of hydrogen-bond donors (Lipinski definition) is 3. The van der Waals surface area contributed by atoms with Crippen LogP contribution in [0.2, 0.25) is 0 Å². The Morgan fingerprint density at radius 3 is 2.41 bits per heavy atom. The van der Waals surface area contributed by atoms with Gasteiger partial charge in [0, 0.05) is 18.5 Å². The molecule has 2 amide bonds. The summed E-state index contributed by atoms with van der Waals surface area (Å²) in [4.78, 5) is 32.9. The van der Waals surface area contributed by atoms with Crippen molar-refractivity contribution in [3.8, 4) is 16.9 Å². The summed E-state index contributed by atoms with van der Waals surface area (Å²) >= 11 is 0. The molecule has 8 nitrogen and oxygen atoms in total. The minimum absolute atomic E-state index is 0.0273. The van der Waals surface area contributed by atoms with Crippen molar-refractivity contribution in [3.63, 3.8) is 0 Å². The fraction of sp³-hybridized carbons (Fsp3) is 0.276. The lowest BCUT2D eigenvalue weighted by Crippen LogP contribution is -2.46. The van der Waals surface area contributed by atoms with Gasteiger partial charge in [-0.05, 0) is 65.9 Å². The van der Waals surface area contributed by atoms with Crippen molar-refractivity contribution in [2.75, 3.05) is 20.2 Å². The molecule has 4 rings (SSSR count). The minimum Gasteiger partial charge on any atom is -0.508 e. The second kappa shape index (κ2) is 11.3. The van der Waals surface area contributed by atoms with Gasteiger partial charge in [0.15, 0.2) is 0 Å². The Balaban J connectivity index is 1.50. The zero-order valence-electron chi connectivity index (χ0n) is 21.1. The largest absolute Gasteiger partial charge is 0.508 e. The number of nitrogens with zero attached hydrogens (tertiary/aromatic N) is 2. The highest BCUT2D eigenvalue weighted by atomic mass is 16.6. The van der Waals surface area contributed by atoms with Crippen LogP contribution in [0.4, 0.5) is 0 Å². The molecule has 0 radical (unpaired) electrons. The lowest BCUT2D eigenvalue weighted by molar-refractivity contribution is -0.125. The van der Waals surface area contributed by atoms with E-state index in [1.165, 1.54) is 24.1 Å². The summed E-state index contributed by atoms with van der Waals surface area (Å²) in [6, 6.07) is 18.9. The molecule has 0 aliphatic carbocycles. The highest BCUT2D eigenvalue weighted by Crippen LogP contribution is 2.28. The number of hydrogen-bond acceptors (Lipinski definition) is 6. The summed E-state index contributed by atoms with van der Waals surface area (Å²) in [7, 11) is 1.42. The smallest absolute Gasteiger partial charge is 0.254 e. The first-order valence-electron chi connectivity index (χ1n) is 12.1. The third-order valence-electron chi connectivity index (χ3n) is 6.57. The Labute approximate surface area is 216 Å². The molecule has 2 atom stereocenters. The Bertz CT molecular complexity index is 1300. The Hall–Kier alpha value is -4.17. The highest BCUT2D eigenvalue weighted by molar-refractivity contribution is 6.05. The quantitative estimate of drug-likeness (QED) is 0.427. The monoisotopic (exact) mass is 501 g/mol. The second-order valence-corrected chi connectivity index (χ2v) is 9.19. The summed E-state index contributed by atoms with van der Waals surface area (Å²) in [6.45, 7) is 4.21. The van der Waals surface area contributed by atoms with Gasteiger partial charge in [0.25, 0.3) is 5.91 Å². The lowest BCUT2D eigenvalue weighted by Gasteiger charge is -2.24. The number of oxime groups is 1. The van der Waals surface area contributed by atoms with Crippen LogP contribution in [0.5, 0.6) is 5.75 Å². The second-order valence-electron chi connectivity index (χ2n) is 9.19. The molecule has 0 spiro atoms. The summed E-state index contributed by atoms with van der Waals surface area (Å²) < 4.78 is 0. The lowest BCUT2D eigenvalue weighted by atomic mass is 9.95. The van der Waals surface area contributed by atoms with Crippen molar-refractivity contribution in [2.45, 2.75) is 32.4 Å². The summed E-state index contributed by atoms with van der Waals surface area (Å²) in [5.74, 6) is -0.663. The maximum atomic E-state index is 13.5. The molecule has 37 heavy (non-hydrogen) atoms. The number of rotatable bonds is 7. The maximum Gasteiger partial charge on any atom is 0.254 e. The molecule has 0 saturated carbocycles. The summed E-state index contributed by atoms with van der Waals surface area (Å²) in [6.07, 6.45) is -0.778. The number of amides is 2. The van der Waals surface area contributed by atoms with Gasteiger partial charge in [0.05, 0.1) is 18.4 Å². The molecular weight excluding hydrogens is 470 g/mol. The number of carbonyl (C=O) groups is 2. The minimum atomic E-state index is -1.01. The van der Waals surface area contributed by atoms with E-state index >= 15 is 0 Å². The van der Waals surface area contributed by atoms with Crippen molar-refractivity contribution >= 4 is 17.5 Å². The molecule has 1 fully saturated rings. The third kappa shape index (κ3) is 5.81. The van der Waals surface area contributed by atoms with Gasteiger partial charge in [0.1, 0.15) is 18.9 Å². The fourth-order valence-electron chi connectivity index (χ4n) is 4.73. The molecule has 2 unspecified atom stereocenters. The predicted molar refractivity (Wildman–Crippen MR) is 141 cm³/mol. The van der Waals surface area contributed by atoms with E-state index in [4.69, 9.17) is 4.84 Å². The van der Waals surface area contributed by atoms with E-state index in [0.717, 1.165) is 22.3 Å². The number of phenolic OH excluding ortho intramolecular Hbond substituents is 1. The van der Waals surface area contributed by atoms with Crippen LogP contribution in [0.15, 0.2) is 71.9 Å². The summed E-state index contributed by atoms with van der Waals surface area (Å²) in [5.41, 5.74) is 5.99. The number of phenols is 1. The van der Waals surface area contributed by atoms with Gasteiger partial charge in [0.2, 0.25) is 5.91 Å². The SMILES string of the molecule is CON=C1CC(C(=O)NCC(O)c2cccc(O)c2)N(C(=O)c2ccc(-c3c(C)cccc3C)cc2)C1. The third-order valence-corrected chi connectivity index (χ3v) is 6.57. The zero-order valence-corrected chi connectivity index (χ0v) is 21.1. The Kier molecular flexibility index (Phi) is 7.89. The number of benzene rings is 3. The van der Waals surface area contributed by atoms with Crippen LogP contribution in [0.3, 0.4) is 0 Å². The molecular formula is C29H31N3O5. The molecule has 192 valence electrons. The van der Waals surface area contributed by atoms with E-state index in [0.29, 0.717) is 16.8 Å². The highest BCUT2D eigenvalue weighted by Gasteiger charge is 2.38. The number of aryl methyl sites for hydroxylation is 2. The van der Waals surface area contributed by atoms with Crippen LogP contribution in [0.25, 0.3) is 11.1 Å².